The van der Waals surface area contributed by atoms with Gasteiger partial charge in [0.25, 0.3) is 6.43 Å². The average molecular weight is 367 g/mol. The van der Waals surface area contributed by atoms with Gasteiger partial charge in [-0.15, -0.1) is 13.2 Å². The van der Waals surface area contributed by atoms with Crippen molar-refractivity contribution in [2.24, 2.45) is 0 Å². The number of aromatic carboxylic acids is 1. The maximum atomic E-state index is 14.3. The first kappa shape index (κ1) is 19.0. The number of aromatic nitrogens is 1. The maximum absolute atomic E-state index is 14.3. The van der Waals surface area contributed by atoms with Crippen molar-refractivity contribution in [1.82, 2.24) is 4.98 Å². The van der Waals surface area contributed by atoms with Crippen LogP contribution >= 0.6 is 0 Å². The SMILES string of the molecule is CCc1cccc2nc(C(F)F)c(C(=O)O)c(C(F)OC(F)(F)F)c12. The molecule has 0 spiro atoms. The van der Waals surface area contributed by atoms with Crippen molar-refractivity contribution in [3.8, 4) is 0 Å². The summed E-state index contributed by atoms with van der Waals surface area (Å²) in [5.74, 6) is -2.03. The first-order valence-electron chi connectivity index (χ1n) is 6.92. The van der Waals surface area contributed by atoms with E-state index in [2.05, 4.69) is 9.72 Å². The van der Waals surface area contributed by atoms with E-state index in [9.17, 15) is 36.2 Å². The molecule has 2 rings (SSSR count). The number of pyridine rings is 1. The zero-order valence-electron chi connectivity index (χ0n) is 12.6. The van der Waals surface area contributed by atoms with Crippen LogP contribution in [0.3, 0.4) is 0 Å². The number of hydrogen-bond donors (Lipinski definition) is 1. The number of fused-ring (bicyclic) bond motifs is 1. The molecule has 1 aromatic carbocycles. The van der Waals surface area contributed by atoms with Crippen molar-refractivity contribution < 1.29 is 41.0 Å². The van der Waals surface area contributed by atoms with Gasteiger partial charge in [-0.3, -0.25) is 4.74 Å². The molecule has 0 fully saturated rings. The summed E-state index contributed by atoms with van der Waals surface area (Å²) in [6, 6.07) is 3.98. The number of rotatable bonds is 5. The van der Waals surface area contributed by atoms with Crippen LogP contribution < -0.4 is 0 Å². The second kappa shape index (κ2) is 6.87. The van der Waals surface area contributed by atoms with Gasteiger partial charge in [0.05, 0.1) is 11.1 Å². The molecule has 136 valence electrons. The lowest BCUT2D eigenvalue weighted by Gasteiger charge is -2.20. The molecule has 4 nitrogen and oxygen atoms in total. The van der Waals surface area contributed by atoms with E-state index in [-0.39, 0.29) is 22.9 Å². The highest BCUT2D eigenvalue weighted by atomic mass is 19.4. The van der Waals surface area contributed by atoms with Crippen LogP contribution in [0, 0.1) is 0 Å². The van der Waals surface area contributed by atoms with Gasteiger partial charge in [-0.1, -0.05) is 19.1 Å². The zero-order chi connectivity index (χ0) is 18.9. The predicted molar refractivity (Wildman–Crippen MR) is 74.0 cm³/mol. The summed E-state index contributed by atoms with van der Waals surface area (Å²) in [6.45, 7) is 1.58. The molecule has 0 aliphatic carbocycles. The summed E-state index contributed by atoms with van der Waals surface area (Å²) in [7, 11) is 0. The number of carbonyl (C=O) groups is 1. The minimum atomic E-state index is -5.43. The first-order chi connectivity index (χ1) is 11.6. The Morgan fingerprint density at radius 3 is 2.40 bits per heavy atom. The zero-order valence-corrected chi connectivity index (χ0v) is 12.6. The normalized spacial score (nSPS) is 13.4. The summed E-state index contributed by atoms with van der Waals surface area (Å²) in [4.78, 5) is 14.9. The molecular formula is C15H11F6NO3. The largest absolute Gasteiger partial charge is 0.525 e. The minimum absolute atomic E-state index is 0.178. The molecule has 25 heavy (non-hydrogen) atoms. The van der Waals surface area contributed by atoms with Crippen molar-refractivity contribution >= 4 is 16.9 Å². The van der Waals surface area contributed by atoms with Gasteiger partial charge in [-0.25, -0.2) is 22.9 Å². The van der Waals surface area contributed by atoms with Gasteiger partial charge in [-0.2, -0.15) is 0 Å². The van der Waals surface area contributed by atoms with Crippen LogP contribution in [0.15, 0.2) is 18.2 Å². The molecule has 0 radical (unpaired) electrons. The van der Waals surface area contributed by atoms with Gasteiger partial charge >= 0.3 is 12.3 Å². The molecule has 0 aliphatic rings. The third-order valence-corrected chi connectivity index (χ3v) is 3.43. The summed E-state index contributed by atoms with van der Waals surface area (Å²) in [6.07, 6.45) is -12.0. The summed E-state index contributed by atoms with van der Waals surface area (Å²) >= 11 is 0. The third kappa shape index (κ3) is 3.84. The highest BCUT2D eigenvalue weighted by molar-refractivity contribution is 5.99. The molecule has 1 unspecified atom stereocenters. The van der Waals surface area contributed by atoms with E-state index in [0.717, 1.165) is 0 Å². The Labute approximate surface area is 137 Å². The van der Waals surface area contributed by atoms with E-state index >= 15 is 0 Å². The summed E-state index contributed by atoms with van der Waals surface area (Å²) < 4.78 is 81.0. The molecule has 0 aliphatic heterocycles. The highest BCUT2D eigenvalue weighted by Gasteiger charge is 2.39. The Morgan fingerprint density at radius 2 is 1.92 bits per heavy atom. The molecule has 2 aromatic rings. The molecule has 0 saturated carbocycles. The Morgan fingerprint density at radius 1 is 1.28 bits per heavy atom. The predicted octanol–water partition coefficient (Wildman–Crippen LogP) is 4.94. The van der Waals surface area contributed by atoms with E-state index in [0.29, 0.717) is 0 Å². The molecule has 10 heteroatoms. The number of carboxylic acids is 1. The van der Waals surface area contributed by atoms with Crippen molar-refractivity contribution in [3.05, 3.63) is 40.6 Å². The van der Waals surface area contributed by atoms with Crippen LogP contribution in [-0.4, -0.2) is 22.4 Å². The van der Waals surface area contributed by atoms with Crippen LogP contribution in [0.25, 0.3) is 10.9 Å². The second-order valence-electron chi connectivity index (χ2n) is 4.94. The lowest BCUT2D eigenvalue weighted by molar-refractivity contribution is -0.362. The van der Waals surface area contributed by atoms with Crippen LogP contribution in [-0.2, 0) is 11.2 Å². The second-order valence-corrected chi connectivity index (χ2v) is 4.94. The van der Waals surface area contributed by atoms with Crippen LogP contribution in [0.1, 0.15) is 46.9 Å². The van der Waals surface area contributed by atoms with Crippen LogP contribution in [0.2, 0.25) is 0 Å². The van der Waals surface area contributed by atoms with E-state index in [1.54, 1.807) is 6.92 Å². The molecule has 0 amide bonds. The van der Waals surface area contributed by atoms with Crippen LogP contribution in [0.5, 0.6) is 0 Å². The average Bonchev–Trinajstić information content (AvgIpc) is 2.50. The number of halogens is 6. The molecule has 1 N–H and O–H groups in total. The van der Waals surface area contributed by atoms with Crippen molar-refractivity contribution in [2.45, 2.75) is 32.5 Å². The van der Waals surface area contributed by atoms with Gasteiger partial charge in [-0.05, 0) is 18.1 Å². The Balaban J connectivity index is 2.93. The van der Waals surface area contributed by atoms with Gasteiger partial charge in [0.15, 0.2) is 0 Å². The fraction of sp³-hybridized carbons (Fsp3) is 0.333. The molecule has 0 bridgehead atoms. The lowest BCUT2D eigenvalue weighted by atomic mass is 9.95. The number of alkyl halides is 6. The molecule has 1 aromatic heterocycles. The fourth-order valence-corrected chi connectivity index (χ4v) is 2.52. The Hall–Kier alpha value is -2.36. The summed E-state index contributed by atoms with van der Waals surface area (Å²) in [5.41, 5.74) is -3.78. The smallest absolute Gasteiger partial charge is 0.478 e. The van der Waals surface area contributed by atoms with Crippen LogP contribution in [0.4, 0.5) is 26.3 Å². The van der Waals surface area contributed by atoms with Gasteiger partial charge in [0.1, 0.15) is 5.69 Å². The minimum Gasteiger partial charge on any atom is -0.478 e. The maximum Gasteiger partial charge on any atom is 0.525 e. The first-order valence-corrected chi connectivity index (χ1v) is 6.92. The number of hydrogen-bond acceptors (Lipinski definition) is 3. The number of ether oxygens (including phenoxy) is 1. The number of benzene rings is 1. The topological polar surface area (TPSA) is 59.4 Å². The van der Waals surface area contributed by atoms with Gasteiger partial charge in [0.2, 0.25) is 6.36 Å². The lowest BCUT2D eigenvalue weighted by Crippen LogP contribution is -2.20. The number of nitrogens with zero attached hydrogens (tertiary/aromatic N) is 1. The van der Waals surface area contributed by atoms with Crippen molar-refractivity contribution in [1.29, 1.82) is 0 Å². The van der Waals surface area contributed by atoms with Gasteiger partial charge < -0.3 is 5.11 Å². The third-order valence-electron chi connectivity index (χ3n) is 3.43. The number of aryl methyl sites for hydroxylation is 1. The van der Waals surface area contributed by atoms with E-state index in [1.165, 1.54) is 18.2 Å². The fourth-order valence-electron chi connectivity index (χ4n) is 2.52. The Kier molecular flexibility index (Phi) is 5.21. The molecule has 0 saturated heterocycles. The number of carboxylic acid groups (broad SMARTS) is 1. The van der Waals surface area contributed by atoms with Crippen molar-refractivity contribution in [3.63, 3.8) is 0 Å². The van der Waals surface area contributed by atoms with E-state index in [4.69, 9.17) is 0 Å². The molecule has 1 atom stereocenters. The quantitative estimate of drug-likeness (QED) is 0.761. The molecular weight excluding hydrogens is 356 g/mol. The molecule has 1 heterocycles. The standard InChI is InChI=1S/C15H11F6NO3/c1-2-6-4-3-5-7-8(6)9(13(18)25-15(19,20)21)10(14(23)24)11(22-7)12(16)17/h3-5,12-13H,2H2,1H3,(H,23,24). The van der Waals surface area contributed by atoms with E-state index < -0.39 is 41.9 Å². The van der Waals surface area contributed by atoms with Crippen molar-refractivity contribution in [2.75, 3.05) is 0 Å². The summed E-state index contributed by atoms with van der Waals surface area (Å²) in [5, 5.41) is 8.90. The highest BCUT2D eigenvalue weighted by Crippen LogP contribution is 2.39. The van der Waals surface area contributed by atoms with Gasteiger partial charge in [0, 0.05) is 10.9 Å². The monoisotopic (exact) mass is 367 g/mol. The van der Waals surface area contributed by atoms with E-state index in [1.807, 2.05) is 0 Å². The Bertz CT molecular complexity index is 806.